The Hall–Kier alpha value is -3.11. The Morgan fingerprint density at radius 2 is 2.03 bits per heavy atom. The van der Waals surface area contributed by atoms with Gasteiger partial charge in [-0.05, 0) is 56.3 Å². The lowest BCUT2D eigenvalue weighted by molar-refractivity contribution is 0.0879. The van der Waals surface area contributed by atoms with Crippen LogP contribution in [0.5, 0.6) is 0 Å². The highest BCUT2D eigenvalue weighted by atomic mass is 35.5. The van der Waals surface area contributed by atoms with Crippen molar-refractivity contribution in [1.29, 1.82) is 0 Å². The number of anilines is 1. The molecule has 2 heterocycles. The summed E-state index contributed by atoms with van der Waals surface area (Å²) in [6, 6.07) is 12.5. The van der Waals surface area contributed by atoms with Gasteiger partial charge in [0.1, 0.15) is 5.82 Å². The maximum Gasteiger partial charge on any atom is 0.251 e. The number of nitrogen functional groups attached to an aromatic ring is 1. The van der Waals surface area contributed by atoms with Crippen LogP contribution in [0.3, 0.4) is 0 Å². The van der Waals surface area contributed by atoms with Crippen molar-refractivity contribution in [3.63, 3.8) is 0 Å². The summed E-state index contributed by atoms with van der Waals surface area (Å²) in [5, 5.41) is 15.3. The molecule has 1 atom stereocenters. The minimum Gasteiger partial charge on any atom is -0.390 e. The number of aliphatic hydroxyl groups excluding tert-OH is 1. The zero-order chi connectivity index (χ0) is 22.5. The van der Waals surface area contributed by atoms with Gasteiger partial charge in [0.25, 0.3) is 5.91 Å². The molecule has 3 aromatic rings. The molecule has 1 amide bonds. The van der Waals surface area contributed by atoms with Gasteiger partial charge in [-0.2, -0.15) is 0 Å². The maximum atomic E-state index is 12.6. The second-order valence-electron chi connectivity index (χ2n) is 7.95. The lowest BCUT2D eigenvalue weighted by Gasteiger charge is -2.19. The number of hydrogen-bond donors (Lipinski definition) is 3. The molecule has 1 unspecified atom stereocenters. The number of halogens is 1. The Kier molecular flexibility index (Phi) is 6.91. The molecule has 7 heteroatoms. The van der Waals surface area contributed by atoms with E-state index in [4.69, 9.17) is 17.3 Å². The Bertz CT molecular complexity index is 1190. The summed E-state index contributed by atoms with van der Waals surface area (Å²) in [6.45, 7) is 2.81. The van der Waals surface area contributed by atoms with Crippen molar-refractivity contribution in [2.24, 2.45) is 0 Å². The average Bonchev–Trinajstić information content (AvgIpc) is 3.30. The van der Waals surface area contributed by atoms with Crippen LogP contribution in [-0.4, -0.2) is 53.2 Å². The van der Waals surface area contributed by atoms with Gasteiger partial charge in [0, 0.05) is 46.2 Å². The largest absolute Gasteiger partial charge is 0.390 e. The van der Waals surface area contributed by atoms with Gasteiger partial charge in [-0.15, -0.1) is 0 Å². The standard InChI is InChI=1S/C25H25ClN4O2/c26-20-8-7-19-14-28-24(27)22(23(19)13-20)9-6-17-4-3-5-18(12-17)25(32)29-15-21(31)16-30-10-1-2-11-30/h3-5,7-8,12-14,21,31H,1-2,10-11,15-16H2,(H2,27,28)(H,29,32). The van der Waals surface area contributed by atoms with E-state index in [9.17, 15) is 9.90 Å². The van der Waals surface area contributed by atoms with Crippen LogP contribution in [0.1, 0.15) is 34.3 Å². The van der Waals surface area contributed by atoms with Crippen molar-refractivity contribution < 1.29 is 9.90 Å². The molecule has 4 N–H and O–H groups in total. The molecule has 1 aromatic heterocycles. The van der Waals surface area contributed by atoms with Gasteiger partial charge >= 0.3 is 0 Å². The first-order valence-electron chi connectivity index (χ1n) is 10.6. The number of nitrogens with one attached hydrogen (secondary N) is 1. The number of likely N-dealkylation sites (tertiary alicyclic amines) is 1. The van der Waals surface area contributed by atoms with Crippen molar-refractivity contribution >= 4 is 34.1 Å². The Balaban J connectivity index is 1.47. The normalized spacial score (nSPS) is 14.7. The lowest BCUT2D eigenvalue weighted by atomic mass is 10.1. The molecule has 1 aliphatic heterocycles. The number of carbonyl (C=O) groups is 1. The van der Waals surface area contributed by atoms with E-state index in [0.717, 1.165) is 23.9 Å². The SMILES string of the molecule is Nc1ncc2ccc(Cl)cc2c1C#Cc1cccc(C(=O)NCC(O)CN2CCCC2)c1. The van der Waals surface area contributed by atoms with Crippen LogP contribution < -0.4 is 11.1 Å². The van der Waals surface area contributed by atoms with Gasteiger partial charge in [-0.1, -0.05) is 35.6 Å². The Morgan fingerprint density at radius 1 is 1.22 bits per heavy atom. The number of carbonyl (C=O) groups excluding carboxylic acids is 1. The highest BCUT2D eigenvalue weighted by molar-refractivity contribution is 6.31. The van der Waals surface area contributed by atoms with E-state index < -0.39 is 6.10 Å². The van der Waals surface area contributed by atoms with Crippen molar-refractivity contribution in [1.82, 2.24) is 15.2 Å². The lowest BCUT2D eigenvalue weighted by Crippen LogP contribution is -2.39. The first kappa shape index (κ1) is 22.1. The molecule has 32 heavy (non-hydrogen) atoms. The van der Waals surface area contributed by atoms with E-state index in [-0.39, 0.29) is 12.5 Å². The van der Waals surface area contributed by atoms with Crippen LogP contribution in [0.15, 0.2) is 48.7 Å². The summed E-state index contributed by atoms with van der Waals surface area (Å²) >= 11 is 6.14. The van der Waals surface area contributed by atoms with E-state index in [2.05, 4.69) is 27.0 Å². The predicted molar refractivity (Wildman–Crippen MR) is 128 cm³/mol. The first-order valence-corrected chi connectivity index (χ1v) is 11.0. The van der Waals surface area contributed by atoms with Crippen molar-refractivity contribution in [2.75, 3.05) is 31.9 Å². The molecule has 0 radical (unpaired) electrons. The van der Waals surface area contributed by atoms with Gasteiger partial charge < -0.3 is 21.1 Å². The van der Waals surface area contributed by atoms with Gasteiger partial charge in [0.2, 0.25) is 0 Å². The second-order valence-corrected chi connectivity index (χ2v) is 8.39. The number of aliphatic hydroxyl groups is 1. The Morgan fingerprint density at radius 3 is 2.84 bits per heavy atom. The van der Waals surface area contributed by atoms with Crippen LogP contribution >= 0.6 is 11.6 Å². The number of rotatable bonds is 5. The zero-order valence-corrected chi connectivity index (χ0v) is 18.4. The smallest absolute Gasteiger partial charge is 0.251 e. The van der Waals surface area contributed by atoms with E-state index in [1.165, 1.54) is 12.8 Å². The zero-order valence-electron chi connectivity index (χ0n) is 17.6. The summed E-state index contributed by atoms with van der Waals surface area (Å²) in [5.74, 6) is 6.24. The minimum absolute atomic E-state index is 0.213. The highest BCUT2D eigenvalue weighted by Crippen LogP contribution is 2.25. The van der Waals surface area contributed by atoms with E-state index in [1.54, 1.807) is 30.5 Å². The fraction of sp³-hybridized carbons (Fsp3) is 0.280. The van der Waals surface area contributed by atoms with Gasteiger partial charge in [-0.3, -0.25) is 4.79 Å². The average molecular weight is 449 g/mol. The molecule has 0 saturated carbocycles. The summed E-state index contributed by atoms with van der Waals surface area (Å²) in [6.07, 6.45) is 3.43. The van der Waals surface area contributed by atoms with Crippen LogP contribution in [0, 0.1) is 11.8 Å². The quantitative estimate of drug-likeness (QED) is 0.522. The molecular weight excluding hydrogens is 424 g/mol. The molecule has 4 rings (SSSR count). The van der Waals surface area contributed by atoms with Crippen LogP contribution in [0.4, 0.5) is 5.82 Å². The number of benzene rings is 2. The number of hydrogen-bond acceptors (Lipinski definition) is 5. The van der Waals surface area contributed by atoms with Gasteiger partial charge in [-0.25, -0.2) is 4.98 Å². The molecular formula is C25H25ClN4O2. The van der Waals surface area contributed by atoms with Crippen LogP contribution in [0.25, 0.3) is 10.8 Å². The van der Waals surface area contributed by atoms with Crippen LogP contribution in [-0.2, 0) is 0 Å². The Labute approximate surface area is 192 Å². The van der Waals surface area contributed by atoms with Gasteiger partial charge in [0.05, 0.1) is 11.7 Å². The number of pyridine rings is 1. The van der Waals surface area contributed by atoms with Crippen molar-refractivity contribution in [3.8, 4) is 11.8 Å². The molecule has 1 fully saturated rings. The maximum absolute atomic E-state index is 12.6. The van der Waals surface area contributed by atoms with Crippen LogP contribution in [0.2, 0.25) is 5.02 Å². The predicted octanol–water partition coefficient (Wildman–Crippen LogP) is 3.06. The third-order valence-corrected chi connectivity index (χ3v) is 5.74. The highest BCUT2D eigenvalue weighted by Gasteiger charge is 2.16. The summed E-state index contributed by atoms with van der Waals surface area (Å²) < 4.78 is 0. The number of nitrogens with two attached hydrogens (primary N) is 1. The molecule has 2 aromatic carbocycles. The molecule has 0 bridgehead atoms. The number of amides is 1. The number of aromatic nitrogens is 1. The summed E-state index contributed by atoms with van der Waals surface area (Å²) in [4.78, 5) is 19.0. The number of nitrogens with zero attached hydrogens (tertiary/aromatic N) is 2. The summed E-state index contributed by atoms with van der Waals surface area (Å²) in [7, 11) is 0. The first-order chi connectivity index (χ1) is 15.5. The fourth-order valence-corrected chi connectivity index (χ4v) is 4.02. The minimum atomic E-state index is -0.589. The van der Waals surface area contributed by atoms with E-state index >= 15 is 0 Å². The molecule has 1 aliphatic rings. The van der Waals surface area contributed by atoms with E-state index in [1.807, 2.05) is 18.2 Å². The fourth-order valence-electron chi connectivity index (χ4n) is 3.84. The van der Waals surface area contributed by atoms with Crippen molar-refractivity contribution in [3.05, 3.63) is 70.4 Å². The third-order valence-electron chi connectivity index (χ3n) is 5.51. The van der Waals surface area contributed by atoms with Gasteiger partial charge in [0.15, 0.2) is 0 Å². The molecule has 164 valence electrons. The van der Waals surface area contributed by atoms with Crippen molar-refractivity contribution in [2.45, 2.75) is 18.9 Å². The molecule has 0 spiro atoms. The van der Waals surface area contributed by atoms with E-state index in [0.29, 0.717) is 34.1 Å². The summed E-state index contributed by atoms with van der Waals surface area (Å²) in [5.41, 5.74) is 7.82. The topological polar surface area (TPSA) is 91.5 Å². The second kappa shape index (κ2) is 10.0. The number of fused-ring (bicyclic) bond motifs is 1. The number of β-amino-alcohol motifs (C(OH)–C–C–N with tert-alkyl or cyclic N) is 1. The molecule has 6 nitrogen and oxygen atoms in total. The molecule has 0 aliphatic carbocycles. The monoisotopic (exact) mass is 448 g/mol. The molecule has 1 saturated heterocycles. The third kappa shape index (κ3) is 5.38.